The van der Waals surface area contributed by atoms with Crippen LogP contribution in [0.3, 0.4) is 0 Å². The molecule has 0 heterocycles. The molecule has 0 saturated carbocycles. The molecule has 2 amide bonds. The van der Waals surface area contributed by atoms with E-state index in [0.29, 0.717) is 35.0 Å². The lowest BCUT2D eigenvalue weighted by atomic mass is 10.1. The van der Waals surface area contributed by atoms with Gasteiger partial charge in [-0.3, -0.25) is 14.9 Å². The van der Waals surface area contributed by atoms with Crippen LogP contribution in [0.1, 0.15) is 46.5 Å². The zero-order chi connectivity index (χ0) is 24.5. The first-order valence-electron chi connectivity index (χ1n) is 11.1. The lowest BCUT2D eigenvalue weighted by Crippen LogP contribution is -2.34. The highest BCUT2D eigenvalue weighted by Gasteiger charge is 2.10. The van der Waals surface area contributed by atoms with Gasteiger partial charge in [0.15, 0.2) is 5.11 Å². The van der Waals surface area contributed by atoms with Crippen molar-refractivity contribution in [2.24, 2.45) is 5.92 Å². The van der Waals surface area contributed by atoms with Crippen LogP contribution in [0.25, 0.3) is 0 Å². The van der Waals surface area contributed by atoms with Crippen LogP contribution in [0, 0.1) is 12.8 Å². The number of hydrogen-bond donors (Lipinski definition) is 3. The van der Waals surface area contributed by atoms with Crippen molar-refractivity contribution >= 4 is 40.5 Å². The molecular weight excluding hydrogens is 446 g/mol. The highest BCUT2D eigenvalue weighted by Crippen LogP contribution is 2.17. The van der Waals surface area contributed by atoms with Crippen LogP contribution in [0.15, 0.2) is 72.8 Å². The molecule has 0 atom stereocenters. The number of carbonyl (C=O) groups is 2. The highest BCUT2D eigenvalue weighted by atomic mass is 32.1. The molecule has 3 aromatic rings. The Kier molecular flexibility index (Phi) is 8.76. The van der Waals surface area contributed by atoms with Crippen LogP contribution in [-0.4, -0.2) is 23.5 Å². The fourth-order valence-corrected chi connectivity index (χ4v) is 3.33. The van der Waals surface area contributed by atoms with Crippen LogP contribution < -0.4 is 20.7 Å². The molecule has 0 aliphatic carbocycles. The lowest BCUT2D eigenvalue weighted by molar-refractivity contribution is 0.0976. The Balaban J connectivity index is 1.49. The van der Waals surface area contributed by atoms with E-state index in [9.17, 15) is 9.59 Å². The number of carbonyl (C=O) groups excluding carboxylic acids is 2. The maximum atomic E-state index is 12.5. The largest absolute Gasteiger partial charge is 0.494 e. The molecule has 3 aromatic carbocycles. The molecule has 0 saturated heterocycles. The topological polar surface area (TPSA) is 79.5 Å². The molecule has 0 fully saturated rings. The molecular formula is C27H29N3O3S. The molecule has 0 bridgehead atoms. The van der Waals surface area contributed by atoms with Gasteiger partial charge < -0.3 is 15.4 Å². The van der Waals surface area contributed by atoms with Gasteiger partial charge in [-0.15, -0.1) is 0 Å². The third-order valence-corrected chi connectivity index (χ3v) is 5.30. The third kappa shape index (κ3) is 7.42. The van der Waals surface area contributed by atoms with E-state index in [-0.39, 0.29) is 16.9 Å². The van der Waals surface area contributed by atoms with Crippen LogP contribution in [0.5, 0.6) is 5.75 Å². The summed E-state index contributed by atoms with van der Waals surface area (Å²) >= 11 is 5.26. The number of nitrogens with one attached hydrogen (secondary N) is 3. The van der Waals surface area contributed by atoms with Gasteiger partial charge in [-0.1, -0.05) is 32.0 Å². The number of hydrogen-bond acceptors (Lipinski definition) is 4. The van der Waals surface area contributed by atoms with Crippen LogP contribution in [0.4, 0.5) is 11.4 Å². The van der Waals surface area contributed by atoms with Crippen molar-refractivity contribution in [1.29, 1.82) is 0 Å². The molecule has 3 rings (SSSR count). The monoisotopic (exact) mass is 475 g/mol. The maximum Gasteiger partial charge on any atom is 0.257 e. The molecule has 0 aliphatic heterocycles. The Morgan fingerprint density at radius 3 is 2.09 bits per heavy atom. The van der Waals surface area contributed by atoms with Gasteiger partial charge in [-0.25, -0.2) is 0 Å². The van der Waals surface area contributed by atoms with Gasteiger partial charge in [0.2, 0.25) is 0 Å². The Labute approximate surface area is 205 Å². The predicted molar refractivity (Wildman–Crippen MR) is 141 cm³/mol. The molecule has 34 heavy (non-hydrogen) atoms. The number of amides is 2. The molecule has 7 heteroatoms. The van der Waals surface area contributed by atoms with E-state index in [0.717, 1.165) is 17.7 Å². The molecule has 176 valence electrons. The standard InChI is InChI=1S/C27H29N3O3S/c1-18(2)16-17-33-23-14-8-20(9-15-23)25(31)30-27(34)29-22-12-10-21(11-13-22)28-26(32)24-7-5-4-6-19(24)3/h4-15,18H,16-17H2,1-3H3,(H,28,32)(H2,29,30,31,34). The van der Waals surface area contributed by atoms with Crippen molar-refractivity contribution in [3.8, 4) is 5.75 Å². The summed E-state index contributed by atoms with van der Waals surface area (Å²) in [6.45, 7) is 6.83. The van der Waals surface area contributed by atoms with Crippen molar-refractivity contribution < 1.29 is 14.3 Å². The fraction of sp³-hybridized carbons (Fsp3) is 0.222. The van der Waals surface area contributed by atoms with E-state index in [1.807, 2.05) is 25.1 Å². The quantitative estimate of drug-likeness (QED) is 0.359. The van der Waals surface area contributed by atoms with Gasteiger partial charge in [0.05, 0.1) is 6.61 Å². The lowest BCUT2D eigenvalue weighted by Gasteiger charge is -2.12. The van der Waals surface area contributed by atoms with Crippen LogP contribution >= 0.6 is 12.2 Å². The summed E-state index contributed by atoms with van der Waals surface area (Å²) in [5.74, 6) is 0.825. The number of anilines is 2. The van der Waals surface area contributed by atoms with E-state index >= 15 is 0 Å². The van der Waals surface area contributed by atoms with Gasteiger partial charge in [0.25, 0.3) is 11.8 Å². The number of ether oxygens (including phenoxy) is 1. The SMILES string of the molecule is Cc1ccccc1C(=O)Nc1ccc(NC(=S)NC(=O)c2ccc(OCCC(C)C)cc2)cc1. The number of benzene rings is 3. The zero-order valence-corrected chi connectivity index (χ0v) is 20.4. The molecule has 0 spiro atoms. The molecule has 0 unspecified atom stereocenters. The number of rotatable bonds is 8. The number of thiocarbonyl (C=S) groups is 1. The zero-order valence-electron chi connectivity index (χ0n) is 19.6. The molecule has 3 N–H and O–H groups in total. The van der Waals surface area contributed by atoms with Gasteiger partial charge in [-0.05, 0) is 91.6 Å². The second-order valence-electron chi connectivity index (χ2n) is 8.31. The summed E-state index contributed by atoms with van der Waals surface area (Å²) in [6, 6.07) is 21.4. The summed E-state index contributed by atoms with van der Waals surface area (Å²) < 4.78 is 5.68. The normalized spacial score (nSPS) is 10.5. The first kappa shape index (κ1) is 24.9. The third-order valence-electron chi connectivity index (χ3n) is 5.10. The van der Waals surface area contributed by atoms with Gasteiger partial charge in [-0.2, -0.15) is 0 Å². The summed E-state index contributed by atoms with van der Waals surface area (Å²) in [5.41, 5.74) is 3.36. The summed E-state index contributed by atoms with van der Waals surface area (Å²) in [7, 11) is 0. The van der Waals surface area contributed by atoms with Gasteiger partial charge in [0.1, 0.15) is 5.75 Å². The molecule has 0 aromatic heterocycles. The molecule has 6 nitrogen and oxygen atoms in total. The Bertz CT molecular complexity index is 1140. The molecule has 0 aliphatic rings. The average Bonchev–Trinajstić information content (AvgIpc) is 2.80. The Morgan fingerprint density at radius 1 is 0.853 bits per heavy atom. The van der Waals surface area contributed by atoms with E-state index in [4.69, 9.17) is 17.0 Å². The Morgan fingerprint density at radius 2 is 1.47 bits per heavy atom. The van der Waals surface area contributed by atoms with Crippen LogP contribution in [-0.2, 0) is 0 Å². The maximum absolute atomic E-state index is 12.5. The number of aryl methyl sites for hydroxylation is 1. The summed E-state index contributed by atoms with van der Waals surface area (Å²) in [6.07, 6.45) is 0.974. The van der Waals surface area contributed by atoms with Crippen LogP contribution in [0.2, 0.25) is 0 Å². The molecule has 0 radical (unpaired) electrons. The summed E-state index contributed by atoms with van der Waals surface area (Å²) in [4.78, 5) is 24.9. The van der Waals surface area contributed by atoms with Gasteiger partial charge in [0, 0.05) is 22.5 Å². The van der Waals surface area contributed by atoms with E-state index in [2.05, 4.69) is 29.8 Å². The van der Waals surface area contributed by atoms with Crippen molar-refractivity contribution in [1.82, 2.24) is 5.32 Å². The summed E-state index contributed by atoms with van der Waals surface area (Å²) in [5, 5.41) is 8.70. The predicted octanol–water partition coefficient (Wildman–Crippen LogP) is 5.80. The first-order chi connectivity index (χ1) is 16.3. The minimum Gasteiger partial charge on any atom is -0.494 e. The minimum atomic E-state index is -0.312. The van der Waals surface area contributed by atoms with E-state index < -0.39 is 0 Å². The average molecular weight is 476 g/mol. The van der Waals surface area contributed by atoms with Crippen molar-refractivity contribution in [3.63, 3.8) is 0 Å². The Hall–Kier alpha value is -3.71. The van der Waals surface area contributed by atoms with E-state index in [1.165, 1.54) is 0 Å². The second kappa shape index (κ2) is 12.0. The van der Waals surface area contributed by atoms with Crippen molar-refractivity contribution in [2.75, 3.05) is 17.2 Å². The van der Waals surface area contributed by atoms with E-state index in [1.54, 1.807) is 54.6 Å². The first-order valence-corrected chi connectivity index (χ1v) is 11.5. The van der Waals surface area contributed by atoms with Gasteiger partial charge >= 0.3 is 0 Å². The highest BCUT2D eigenvalue weighted by molar-refractivity contribution is 7.80. The van der Waals surface area contributed by atoms with Crippen molar-refractivity contribution in [3.05, 3.63) is 89.5 Å². The fourth-order valence-electron chi connectivity index (χ4n) is 3.12. The minimum absolute atomic E-state index is 0.169. The smallest absolute Gasteiger partial charge is 0.257 e. The second-order valence-corrected chi connectivity index (χ2v) is 8.72. The van der Waals surface area contributed by atoms with Crippen molar-refractivity contribution in [2.45, 2.75) is 27.2 Å².